The molecule has 1 aromatic carbocycles. The van der Waals surface area contributed by atoms with Gasteiger partial charge in [-0.1, -0.05) is 42.3 Å². The molecule has 0 aliphatic rings. The minimum atomic E-state index is -1.24. The van der Waals surface area contributed by atoms with Crippen LogP contribution in [0.5, 0.6) is 0 Å². The number of benzene rings is 1. The van der Waals surface area contributed by atoms with Gasteiger partial charge in [-0.3, -0.25) is 0 Å². The number of thiophene rings is 1. The summed E-state index contributed by atoms with van der Waals surface area (Å²) in [6.07, 6.45) is 3.02. The fourth-order valence-electron chi connectivity index (χ4n) is 2.63. The Bertz CT molecular complexity index is 777. The lowest BCUT2D eigenvalue weighted by Gasteiger charge is -2.35. The Morgan fingerprint density at radius 3 is 2.78 bits per heavy atom. The normalized spacial score (nSPS) is 15.3. The summed E-state index contributed by atoms with van der Waals surface area (Å²) in [6.45, 7) is 2.22. The molecule has 120 valence electrons. The summed E-state index contributed by atoms with van der Waals surface area (Å²) >= 11 is 14.0. The maximum Gasteiger partial charge on any atom is 0.137 e. The Kier molecular flexibility index (Phi) is 4.73. The van der Waals surface area contributed by atoms with Gasteiger partial charge in [-0.05, 0) is 23.6 Å². The molecule has 3 aromatic rings. The first-order chi connectivity index (χ1) is 11.0. The minimum Gasteiger partial charge on any atom is -0.382 e. The van der Waals surface area contributed by atoms with Gasteiger partial charge in [-0.2, -0.15) is 5.10 Å². The van der Waals surface area contributed by atoms with Gasteiger partial charge in [0.15, 0.2) is 0 Å². The van der Waals surface area contributed by atoms with E-state index in [0.717, 1.165) is 4.88 Å². The summed E-state index contributed by atoms with van der Waals surface area (Å²) in [7, 11) is 0. The van der Waals surface area contributed by atoms with Crippen molar-refractivity contribution in [1.82, 2.24) is 14.8 Å². The minimum absolute atomic E-state index is 0.176. The van der Waals surface area contributed by atoms with E-state index in [-0.39, 0.29) is 12.5 Å². The molecule has 0 aliphatic carbocycles. The van der Waals surface area contributed by atoms with Crippen molar-refractivity contribution in [2.24, 2.45) is 0 Å². The predicted molar refractivity (Wildman–Crippen MR) is 93.1 cm³/mol. The topological polar surface area (TPSA) is 50.9 Å². The molecule has 4 nitrogen and oxygen atoms in total. The van der Waals surface area contributed by atoms with E-state index in [1.165, 1.54) is 6.33 Å². The lowest BCUT2D eigenvalue weighted by Crippen LogP contribution is -2.37. The lowest BCUT2D eigenvalue weighted by atomic mass is 9.81. The molecule has 0 saturated heterocycles. The van der Waals surface area contributed by atoms with Gasteiger partial charge in [0.1, 0.15) is 18.3 Å². The molecule has 23 heavy (non-hydrogen) atoms. The van der Waals surface area contributed by atoms with E-state index < -0.39 is 5.60 Å². The quantitative estimate of drug-likeness (QED) is 0.729. The van der Waals surface area contributed by atoms with E-state index in [0.29, 0.717) is 15.6 Å². The molecule has 7 heteroatoms. The standard InChI is InChI=1S/C16H15Cl2N3OS/c1-11(15-3-2-6-23-15)16(22,8-21-10-19-9-20-21)13-5-4-12(17)7-14(13)18/h2-7,9-11,22H,8H2,1H3. The summed E-state index contributed by atoms with van der Waals surface area (Å²) in [4.78, 5) is 5.02. The van der Waals surface area contributed by atoms with Crippen LogP contribution in [0.15, 0.2) is 48.4 Å². The molecule has 2 atom stereocenters. The van der Waals surface area contributed by atoms with E-state index in [4.69, 9.17) is 23.2 Å². The monoisotopic (exact) mass is 367 g/mol. The number of aromatic nitrogens is 3. The SMILES string of the molecule is CC(c1cccs1)C(O)(Cn1cncn1)c1ccc(Cl)cc1Cl. The van der Waals surface area contributed by atoms with Gasteiger partial charge in [0.25, 0.3) is 0 Å². The van der Waals surface area contributed by atoms with Crippen LogP contribution >= 0.6 is 34.5 Å². The fraction of sp³-hybridized carbons (Fsp3) is 0.250. The van der Waals surface area contributed by atoms with Crippen LogP contribution in [0.2, 0.25) is 10.0 Å². The largest absolute Gasteiger partial charge is 0.382 e. The fourth-order valence-corrected chi connectivity index (χ4v) is 4.07. The van der Waals surface area contributed by atoms with E-state index in [1.807, 2.05) is 24.4 Å². The maximum atomic E-state index is 11.6. The molecule has 2 unspecified atom stereocenters. The average Bonchev–Trinajstić information content (AvgIpc) is 3.19. The zero-order valence-corrected chi connectivity index (χ0v) is 14.7. The van der Waals surface area contributed by atoms with Crippen LogP contribution < -0.4 is 0 Å². The third-order valence-electron chi connectivity index (χ3n) is 3.95. The highest BCUT2D eigenvalue weighted by Gasteiger charge is 2.39. The van der Waals surface area contributed by atoms with Crippen molar-refractivity contribution in [1.29, 1.82) is 0 Å². The molecule has 2 heterocycles. The maximum absolute atomic E-state index is 11.6. The first kappa shape index (κ1) is 16.5. The zero-order valence-electron chi connectivity index (χ0n) is 12.4. The second-order valence-electron chi connectivity index (χ2n) is 5.38. The van der Waals surface area contributed by atoms with Crippen molar-refractivity contribution in [2.45, 2.75) is 25.0 Å². The highest BCUT2D eigenvalue weighted by atomic mass is 35.5. The second-order valence-corrected chi connectivity index (χ2v) is 7.20. The molecule has 0 amide bonds. The highest BCUT2D eigenvalue weighted by Crippen LogP contribution is 2.43. The van der Waals surface area contributed by atoms with Crippen LogP contribution in [-0.4, -0.2) is 19.9 Å². The zero-order chi connectivity index (χ0) is 16.4. The number of halogens is 2. The van der Waals surface area contributed by atoms with E-state index in [9.17, 15) is 5.11 Å². The number of nitrogens with zero attached hydrogens (tertiary/aromatic N) is 3. The molecular formula is C16H15Cl2N3OS. The molecule has 0 saturated carbocycles. The van der Waals surface area contributed by atoms with Gasteiger partial charge >= 0.3 is 0 Å². The van der Waals surface area contributed by atoms with Crippen molar-refractivity contribution in [3.8, 4) is 0 Å². The Morgan fingerprint density at radius 2 is 2.17 bits per heavy atom. The van der Waals surface area contributed by atoms with Crippen molar-refractivity contribution in [3.05, 3.63) is 68.9 Å². The van der Waals surface area contributed by atoms with Crippen molar-refractivity contribution in [3.63, 3.8) is 0 Å². The molecule has 2 aromatic heterocycles. The van der Waals surface area contributed by atoms with Crippen LogP contribution in [0.1, 0.15) is 23.3 Å². The summed E-state index contributed by atoms with van der Waals surface area (Å²) in [5.41, 5.74) is -0.611. The molecule has 0 bridgehead atoms. The van der Waals surface area contributed by atoms with Crippen molar-refractivity contribution >= 4 is 34.5 Å². The van der Waals surface area contributed by atoms with Gasteiger partial charge < -0.3 is 5.11 Å². The van der Waals surface area contributed by atoms with Crippen LogP contribution in [0.25, 0.3) is 0 Å². The first-order valence-corrected chi connectivity index (χ1v) is 8.68. The molecule has 0 radical (unpaired) electrons. The predicted octanol–water partition coefficient (Wildman–Crippen LogP) is 4.34. The van der Waals surface area contributed by atoms with Crippen LogP contribution in [0, 0.1) is 0 Å². The summed E-state index contributed by atoms with van der Waals surface area (Å²) in [5, 5.41) is 18.6. The average molecular weight is 368 g/mol. The Labute approximate surface area is 148 Å². The Balaban J connectivity index is 2.08. The lowest BCUT2D eigenvalue weighted by molar-refractivity contribution is -0.00691. The number of hydrogen-bond acceptors (Lipinski definition) is 4. The van der Waals surface area contributed by atoms with Gasteiger partial charge in [-0.25, -0.2) is 9.67 Å². The van der Waals surface area contributed by atoms with Crippen molar-refractivity contribution in [2.75, 3.05) is 0 Å². The smallest absolute Gasteiger partial charge is 0.137 e. The van der Waals surface area contributed by atoms with Gasteiger partial charge in [0.05, 0.1) is 6.54 Å². The third kappa shape index (κ3) is 3.28. The van der Waals surface area contributed by atoms with Gasteiger partial charge in [-0.15, -0.1) is 11.3 Å². The molecule has 3 rings (SSSR count). The van der Waals surface area contributed by atoms with E-state index in [1.54, 1.807) is 40.5 Å². The van der Waals surface area contributed by atoms with Crippen LogP contribution in [0.4, 0.5) is 0 Å². The van der Waals surface area contributed by atoms with Crippen molar-refractivity contribution < 1.29 is 5.11 Å². The number of rotatable bonds is 5. The first-order valence-electron chi connectivity index (χ1n) is 7.04. The van der Waals surface area contributed by atoms with Crippen LogP contribution in [-0.2, 0) is 12.1 Å². The van der Waals surface area contributed by atoms with Crippen LogP contribution in [0.3, 0.4) is 0 Å². The molecule has 1 N–H and O–H groups in total. The Morgan fingerprint density at radius 1 is 1.35 bits per heavy atom. The number of hydrogen-bond donors (Lipinski definition) is 1. The highest BCUT2D eigenvalue weighted by molar-refractivity contribution is 7.10. The van der Waals surface area contributed by atoms with E-state index >= 15 is 0 Å². The van der Waals surface area contributed by atoms with Gasteiger partial charge in [0.2, 0.25) is 0 Å². The van der Waals surface area contributed by atoms with Gasteiger partial charge in [0, 0.05) is 26.4 Å². The molecule has 0 aliphatic heterocycles. The second kappa shape index (κ2) is 6.61. The third-order valence-corrected chi connectivity index (χ3v) is 5.56. The summed E-state index contributed by atoms with van der Waals surface area (Å²) < 4.78 is 1.61. The Hall–Kier alpha value is -1.40. The van der Waals surface area contributed by atoms with E-state index in [2.05, 4.69) is 10.1 Å². The number of aliphatic hydroxyl groups is 1. The molecule has 0 spiro atoms. The summed E-state index contributed by atoms with van der Waals surface area (Å²) in [5.74, 6) is -0.176. The molecule has 0 fully saturated rings. The summed E-state index contributed by atoms with van der Waals surface area (Å²) in [6, 6.07) is 9.12. The molecular weight excluding hydrogens is 353 g/mol.